The van der Waals surface area contributed by atoms with E-state index in [9.17, 15) is 4.79 Å². The van der Waals surface area contributed by atoms with Gasteiger partial charge in [0.25, 0.3) is 0 Å². The van der Waals surface area contributed by atoms with Crippen molar-refractivity contribution in [2.75, 3.05) is 18.6 Å². The number of para-hydroxylation sites is 1. The van der Waals surface area contributed by atoms with Crippen LogP contribution in [0.3, 0.4) is 0 Å². The first-order chi connectivity index (χ1) is 12.2. The van der Waals surface area contributed by atoms with Crippen molar-refractivity contribution in [3.05, 3.63) is 71.8 Å². The molecule has 0 spiro atoms. The summed E-state index contributed by atoms with van der Waals surface area (Å²) in [5.74, 6) is 1.01. The third kappa shape index (κ3) is 2.47. The second kappa shape index (κ2) is 6.25. The van der Waals surface area contributed by atoms with E-state index in [0.29, 0.717) is 13.0 Å². The SMILES string of the molecule is CCN1C(=O)CC(c2ccccc2OC)c2c1ccc1ccccc21. The zero-order valence-electron chi connectivity index (χ0n) is 14.5. The molecule has 1 amide bonds. The Hall–Kier alpha value is -2.81. The minimum absolute atomic E-state index is 0.00699. The Morgan fingerprint density at radius 1 is 1.04 bits per heavy atom. The Morgan fingerprint density at radius 3 is 2.60 bits per heavy atom. The van der Waals surface area contributed by atoms with Crippen LogP contribution in [0.4, 0.5) is 5.69 Å². The number of ether oxygens (including phenoxy) is 1. The minimum atomic E-state index is 0.00699. The zero-order chi connectivity index (χ0) is 17.4. The Labute approximate surface area is 147 Å². The quantitative estimate of drug-likeness (QED) is 0.694. The highest BCUT2D eigenvalue weighted by molar-refractivity contribution is 6.03. The van der Waals surface area contributed by atoms with E-state index in [2.05, 4.69) is 42.5 Å². The van der Waals surface area contributed by atoms with Crippen molar-refractivity contribution in [3.8, 4) is 5.75 Å². The third-order valence-electron chi connectivity index (χ3n) is 5.10. The number of rotatable bonds is 3. The number of nitrogens with zero attached hydrogens (tertiary/aromatic N) is 1. The molecule has 0 bridgehead atoms. The van der Waals surface area contributed by atoms with E-state index < -0.39 is 0 Å². The van der Waals surface area contributed by atoms with Crippen molar-refractivity contribution in [3.63, 3.8) is 0 Å². The summed E-state index contributed by atoms with van der Waals surface area (Å²) in [5, 5.41) is 2.41. The second-order valence-electron chi connectivity index (χ2n) is 6.36. The lowest BCUT2D eigenvalue weighted by atomic mass is 9.81. The first-order valence-electron chi connectivity index (χ1n) is 8.69. The van der Waals surface area contributed by atoms with Crippen molar-refractivity contribution in [1.29, 1.82) is 0 Å². The van der Waals surface area contributed by atoms with Gasteiger partial charge in [0, 0.05) is 30.1 Å². The highest BCUT2D eigenvalue weighted by Crippen LogP contribution is 2.45. The van der Waals surface area contributed by atoms with Crippen LogP contribution in [-0.2, 0) is 4.79 Å². The molecule has 1 heterocycles. The van der Waals surface area contributed by atoms with Crippen LogP contribution < -0.4 is 9.64 Å². The molecule has 1 aliphatic heterocycles. The molecular formula is C22H21NO2. The van der Waals surface area contributed by atoms with E-state index in [1.165, 1.54) is 16.3 Å². The Balaban J connectivity index is 2.02. The number of carbonyl (C=O) groups is 1. The van der Waals surface area contributed by atoms with Crippen LogP contribution in [0.25, 0.3) is 10.8 Å². The van der Waals surface area contributed by atoms with Gasteiger partial charge in [-0.2, -0.15) is 0 Å². The summed E-state index contributed by atoms with van der Waals surface area (Å²) < 4.78 is 5.59. The molecule has 0 N–H and O–H groups in total. The predicted octanol–water partition coefficient (Wildman–Crippen LogP) is 4.74. The number of anilines is 1. The van der Waals surface area contributed by atoms with Crippen molar-refractivity contribution in [2.45, 2.75) is 19.3 Å². The van der Waals surface area contributed by atoms with Crippen LogP contribution in [0.5, 0.6) is 5.75 Å². The average Bonchev–Trinajstić information content (AvgIpc) is 2.67. The highest BCUT2D eigenvalue weighted by Gasteiger charge is 2.34. The van der Waals surface area contributed by atoms with Gasteiger partial charge in [-0.1, -0.05) is 48.5 Å². The smallest absolute Gasteiger partial charge is 0.227 e. The van der Waals surface area contributed by atoms with Crippen LogP contribution in [0.2, 0.25) is 0 Å². The maximum atomic E-state index is 12.8. The van der Waals surface area contributed by atoms with Gasteiger partial charge in [0.1, 0.15) is 5.75 Å². The fraction of sp³-hybridized carbons (Fsp3) is 0.227. The number of fused-ring (bicyclic) bond motifs is 3. The summed E-state index contributed by atoms with van der Waals surface area (Å²) >= 11 is 0. The van der Waals surface area contributed by atoms with E-state index in [4.69, 9.17) is 4.74 Å². The lowest BCUT2D eigenvalue weighted by Crippen LogP contribution is -2.36. The molecule has 3 aromatic rings. The monoisotopic (exact) mass is 331 g/mol. The molecule has 3 nitrogen and oxygen atoms in total. The van der Waals surface area contributed by atoms with Crippen molar-refractivity contribution in [2.24, 2.45) is 0 Å². The van der Waals surface area contributed by atoms with Gasteiger partial charge in [-0.15, -0.1) is 0 Å². The number of methoxy groups -OCH3 is 1. The molecule has 1 atom stereocenters. The summed E-state index contributed by atoms with van der Waals surface area (Å²) in [6.45, 7) is 2.71. The van der Waals surface area contributed by atoms with Crippen LogP contribution >= 0.6 is 0 Å². The fourth-order valence-corrected chi connectivity index (χ4v) is 3.97. The molecule has 0 aliphatic carbocycles. The molecule has 1 unspecified atom stereocenters. The molecule has 1 aliphatic rings. The number of hydrogen-bond donors (Lipinski definition) is 0. The maximum absolute atomic E-state index is 12.8. The van der Waals surface area contributed by atoms with Crippen LogP contribution in [-0.4, -0.2) is 19.6 Å². The first kappa shape index (κ1) is 15.7. The number of benzene rings is 3. The molecule has 3 heteroatoms. The predicted molar refractivity (Wildman–Crippen MR) is 101 cm³/mol. The molecular weight excluding hydrogens is 310 g/mol. The molecule has 3 aromatic carbocycles. The normalized spacial score (nSPS) is 16.8. The summed E-state index contributed by atoms with van der Waals surface area (Å²) in [6.07, 6.45) is 0.467. The molecule has 126 valence electrons. The lowest BCUT2D eigenvalue weighted by Gasteiger charge is -2.35. The van der Waals surface area contributed by atoms with Crippen LogP contribution in [0, 0.1) is 0 Å². The topological polar surface area (TPSA) is 29.5 Å². The number of carbonyl (C=O) groups excluding carboxylic acids is 1. The Bertz CT molecular complexity index is 948. The molecule has 0 aromatic heterocycles. The standard InChI is InChI=1S/C22H21NO2/c1-3-23-19-13-12-15-8-4-5-9-16(15)22(19)18(14-21(23)24)17-10-6-7-11-20(17)25-2/h4-13,18H,3,14H2,1-2H3. The van der Waals surface area contributed by atoms with Gasteiger partial charge >= 0.3 is 0 Å². The van der Waals surface area contributed by atoms with Gasteiger partial charge in [0.15, 0.2) is 0 Å². The lowest BCUT2D eigenvalue weighted by molar-refractivity contribution is -0.119. The van der Waals surface area contributed by atoms with E-state index in [0.717, 1.165) is 17.0 Å². The van der Waals surface area contributed by atoms with Crippen molar-refractivity contribution >= 4 is 22.4 Å². The first-order valence-corrected chi connectivity index (χ1v) is 8.69. The highest BCUT2D eigenvalue weighted by atomic mass is 16.5. The van der Waals surface area contributed by atoms with Gasteiger partial charge in [-0.25, -0.2) is 0 Å². The Kier molecular flexibility index (Phi) is 3.92. The molecule has 25 heavy (non-hydrogen) atoms. The second-order valence-corrected chi connectivity index (χ2v) is 6.36. The third-order valence-corrected chi connectivity index (χ3v) is 5.10. The summed E-state index contributed by atoms with van der Waals surface area (Å²) in [4.78, 5) is 14.7. The average molecular weight is 331 g/mol. The zero-order valence-corrected chi connectivity index (χ0v) is 14.5. The van der Waals surface area contributed by atoms with Gasteiger partial charge in [-0.05, 0) is 35.4 Å². The number of hydrogen-bond acceptors (Lipinski definition) is 2. The minimum Gasteiger partial charge on any atom is -0.496 e. The molecule has 0 saturated heterocycles. The summed E-state index contributed by atoms with van der Waals surface area (Å²) in [5.41, 5.74) is 3.32. The van der Waals surface area contributed by atoms with Crippen molar-refractivity contribution < 1.29 is 9.53 Å². The van der Waals surface area contributed by atoms with Gasteiger partial charge in [0.2, 0.25) is 5.91 Å². The Morgan fingerprint density at radius 2 is 1.80 bits per heavy atom. The van der Waals surface area contributed by atoms with Gasteiger partial charge in [-0.3, -0.25) is 4.79 Å². The van der Waals surface area contributed by atoms with E-state index >= 15 is 0 Å². The van der Waals surface area contributed by atoms with E-state index in [1.807, 2.05) is 30.0 Å². The van der Waals surface area contributed by atoms with Gasteiger partial charge in [0.05, 0.1) is 7.11 Å². The maximum Gasteiger partial charge on any atom is 0.227 e. The van der Waals surface area contributed by atoms with Crippen LogP contribution in [0.15, 0.2) is 60.7 Å². The van der Waals surface area contributed by atoms with Gasteiger partial charge < -0.3 is 9.64 Å². The fourth-order valence-electron chi connectivity index (χ4n) is 3.97. The summed E-state index contributed by atoms with van der Waals surface area (Å²) in [7, 11) is 1.69. The summed E-state index contributed by atoms with van der Waals surface area (Å²) in [6, 6.07) is 20.6. The van der Waals surface area contributed by atoms with Crippen LogP contribution in [0.1, 0.15) is 30.4 Å². The molecule has 0 radical (unpaired) electrons. The molecule has 0 saturated carbocycles. The van der Waals surface area contributed by atoms with Crippen molar-refractivity contribution in [1.82, 2.24) is 0 Å². The number of amides is 1. The van der Waals surface area contributed by atoms with E-state index in [-0.39, 0.29) is 11.8 Å². The molecule has 0 fully saturated rings. The largest absolute Gasteiger partial charge is 0.496 e. The molecule has 4 rings (SSSR count). The van der Waals surface area contributed by atoms with E-state index in [1.54, 1.807) is 7.11 Å².